The van der Waals surface area contributed by atoms with Gasteiger partial charge in [-0.1, -0.05) is 23.7 Å². The van der Waals surface area contributed by atoms with Gasteiger partial charge in [-0.2, -0.15) is 0 Å². The lowest BCUT2D eigenvalue weighted by molar-refractivity contribution is 0.183. The summed E-state index contributed by atoms with van der Waals surface area (Å²) in [6.45, 7) is 1.60. The average Bonchev–Trinajstić information content (AvgIpc) is 3.20. The molecule has 0 saturated heterocycles. The van der Waals surface area contributed by atoms with Gasteiger partial charge in [0, 0.05) is 34.5 Å². The van der Waals surface area contributed by atoms with Crippen molar-refractivity contribution in [2.45, 2.75) is 31.5 Å². The van der Waals surface area contributed by atoms with Gasteiger partial charge in [-0.25, -0.2) is 0 Å². The van der Waals surface area contributed by atoms with Crippen LogP contribution in [0.15, 0.2) is 40.2 Å². The van der Waals surface area contributed by atoms with E-state index in [-0.39, 0.29) is 6.04 Å². The number of hydrogen-bond donors (Lipinski definition) is 1. The molecule has 2 nitrogen and oxygen atoms in total. The maximum Gasteiger partial charge on any atom is 0.0548 e. The molecule has 5 heteroatoms. The fraction of sp³-hybridized carbons (Fsp3) is 0.375. The summed E-state index contributed by atoms with van der Waals surface area (Å²) in [7, 11) is 0. The Balaban J connectivity index is 1.86. The normalized spacial score (nSPS) is 16.4. The molecule has 1 aromatic heterocycles. The fourth-order valence-corrected chi connectivity index (χ4v) is 3.89. The Morgan fingerprint density at radius 3 is 2.76 bits per heavy atom. The molecule has 1 atom stereocenters. The van der Waals surface area contributed by atoms with E-state index in [9.17, 15) is 0 Å². The standard InChI is InChI=1S/C16H18BrClN2S/c17-14-8-11(3-6-15(14)18)16(9-19)20(12-4-5-12)10-13-2-1-7-21-13/h1-3,6-8,12,16H,4-5,9-10,19H2. The second-order valence-corrected chi connectivity index (χ2v) is 7.70. The molecule has 2 N–H and O–H groups in total. The van der Waals surface area contributed by atoms with Crippen molar-refractivity contribution in [2.75, 3.05) is 6.54 Å². The van der Waals surface area contributed by atoms with Gasteiger partial charge >= 0.3 is 0 Å². The summed E-state index contributed by atoms with van der Waals surface area (Å²) in [5.74, 6) is 0. The number of nitrogens with two attached hydrogens (primary N) is 1. The predicted molar refractivity (Wildman–Crippen MR) is 93.8 cm³/mol. The third-order valence-corrected chi connectivity index (χ3v) is 5.96. The zero-order valence-corrected chi connectivity index (χ0v) is 14.8. The van der Waals surface area contributed by atoms with E-state index in [2.05, 4.69) is 50.5 Å². The maximum absolute atomic E-state index is 6.11. The summed E-state index contributed by atoms with van der Waals surface area (Å²) in [6.07, 6.45) is 2.55. The first-order valence-corrected chi connectivity index (χ1v) is 9.17. The highest BCUT2D eigenvalue weighted by Gasteiger charge is 2.34. The van der Waals surface area contributed by atoms with Crippen LogP contribution in [0.3, 0.4) is 0 Å². The second-order valence-electron chi connectivity index (χ2n) is 5.41. The average molecular weight is 386 g/mol. The van der Waals surface area contributed by atoms with E-state index in [0.717, 1.165) is 16.0 Å². The van der Waals surface area contributed by atoms with E-state index in [4.69, 9.17) is 17.3 Å². The number of rotatable bonds is 6. The maximum atomic E-state index is 6.11. The van der Waals surface area contributed by atoms with Gasteiger partial charge in [0.1, 0.15) is 0 Å². The first kappa shape index (κ1) is 15.5. The Hall–Kier alpha value is -0.390. The summed E-state index contributed by atoms with van der Waals surface area (Å²) >= 11 is 11.4. The molecule has 3 rings (SSSR count). The minimum absolute atomic E-state index is 0.244. The molecule has 0 bridgehead atoms. The predicted octanol–water partition coefficient (Wildman–Crippen LogP) is 4.83. The van der Waals surface area contributed by atoms with Crippen LogP contribution in [0, 0.1) is 0 Å². The molecule has 0 radical (unpaired) electrons. The molecule has 112 valence electrons. The van der Waals surface area contributed by atoms with Crippen LogP contribution in [0.1, 0.15) is 29.3 Å². The van der Waals surface area contributed by atoms with Gasteiger partial charge in [-0.15, -0.1) is 11.3 Å². The Kier molecular flexibility index (Phi) is 5.02. The van der Waals surface area contributed by atoms with Crippen LogP contribution in [0.25, 0.3) is 0 Å². The minimum Gasteiger partial charge on any atom is -0.329 e. The molecule has 1 heterocycles. The highest BCUT2D eigenvalue weighted by molar-refractivity contribution is 9.10. The topological polar surface area (TPSA) is 29.3 Å². The van der Waals surface area contributed by atoms with Crippen molar-refractivity contribution < 1.29 is 0 Å². The number of thiophene rings is 1. The zero-order chi connectivity index (χ0) is 14.8. The van der Waals surface area contributed by atoms with Gasteiger partial charge in [0.2, 0.25) is 0 Å². The molecule has 1 fully saturated rings. The molecule has 0 spiro atoms. The first-order valence-electron chi connectivity index (χ1n) is 7.12. The first-order chi connectivity index (χ1) is 10.2. The Bertz CT molecular complexity index is 598. The van der Waals surface area contributed by atoms with E-state index in [0.29, 0.717) is 12.6 Å². The molecule has 0 amide bonds. The lowest BCUT2D eigenvalue weighted by Gasteiger charge is -2.31. The Labute approximate surface area is 143 Å². The van der Waals surface area contributed by atoms with E-state index < -0.39 is 0 Å². The molecule has 1 aliphatic carbocycles. The third-order valence-electron chi connectivity index (χ3n) is 3.89. The van der Waals surface area contributed by atoms with Gasteiger partial charge in [0.25, 0.3) is 0 Å². The summed E-state index contributed by atoms with van der Waals surface area (Å²) in [5.41, 5.74) is 7.34. The van der Waals surface area contributed by atoms with E-state index >= 15 is 0 Å². The lowest BCUT2D eigenvalue weighted by atomic mass is 10.0. The molecular weight excluding hydrogens is 368 g/mol. The summed E-state index contributed by atoms with van der Waals surface area (Å²) in [5, 5.41) is 2.88. The van der Waals surface area contributed by atoms with E-state index in [1.54, 1.807) is 0 Å². The van der Waals surface area contributed by atoms with Crippen LogP contribution in [-0.2, 0) is 6.54 Å². The van der Waals surface area contributed by atoms with E-state index in [1.807, 2.05) is 17.4 Å². The third kappa shape index (κ3) is 3.69. The van der Waals surface area contributed by atoms with Crippen molar-refractivity contribution >= 4 is 38.9 Å². The molecule has 0 aliphatic heterocycles. The molecule has 1 aromatic carbocycles. The van der Waals surface area contributed by atoms with Crippen LogP contribution in [-0.4, -0.2) is 17.5 Å². The molecule has 2 aromatic rings. The summed E-state index contributed by atoms with van der Waals surface area (Å²) in [4.78, 5) is 3.94. The number of benzene rings is 1. The molecule has 21 heavy (non-hydrogen) atoms. The van der Waals surface area contributed by atoms with E-state index in [1.165, 1.54) is 23.3 Å². The number of hydrogen-bond acceptors (Lipinski definition) is 3. The largest absolute Gasteiger partial charge is 0.329 e. The van der Waals surface area contributed by atoms with Crippen molar-refractivity contribution in [3.8, 4) is 0 Å². The van der Waals surface area contributed by atoms with Crippen LogP contribution < -0.4 is 5.73 Å². The summed E-state index contributed by atoms with van der Waals surface area (Å²) in [6, 6.07) is 11.4. The van der Waals surface area contributed by atoms with Crippen LogP contribution >= 0.6 is 38.9 Å². The Morgan fingerprint density at radius 1 is 1.38 bits per heavy atom. The zero-order valence-electron chi connectivity index (χ0n) is 11.6. The van der Waals surface area contributed by atoms with Gasteiger partial charge in [-0.05, 0) is 57.9 Å². The van der Waals surface area contributed by atoms with Crippen LogP contribution in [0.2, 0.25) is 5.02 Å². The highest BCUT2D eigenvalue weighted by Crippen LogP contribution is 2.37. The minimum atomic E-state index is 0.244. The van der Waals surface area contributed by atoms with Crippen molar-refractivity contribution in [3.05, 3.63) is 55.6 Å². The quantitative estimate of drug-likeness (QED) is 0.771. The van der Waals surface area contributed by atoms with Crippen molar-refractivity contribution in [3.63, 3.8) is 0 Å². The Morgan fingerprint density at radius 2 is 2.19 bits per heavy atom. The molecule has 1 saturated carbocycles. The monoisotopic (exact) mass is 384 g/mol. The highest BCUT2D eigenvalue weighted by atomic mass is 79.9. The molecular formula is C16H18BrClN2S. The van der Waals surface area contributed by atoms with Gasteiger partial charge in [0.05, 0.1) is 5.02 Å². The molecule has 1 aliphatic rings. The smallest absolute Gasteiger partial charge is 0.0548 e. The number of nitrogens with zero attached hydrogens (tertiary/aromatic N) is 1. The van der Waals surface area contributed by atoms with Gasteiger partial charge in [0.15, 0.2) is 0 Å². The number of halogens is 2. The second kappa shape index (κ2) is 6.80. The van der Waals surface area contributed by atoms with Crippen LogP contribution in [0.4, 0.5) is 0 Å². The summed E-state index contributed by atoms with van der Waals surface area (Å²) < 4.78 is 0.937. The van der Waals surface area contributed by atoms with Crippen molar-refractivity contribution in [2.24, 2.45) is 5.73 Å². The van der Waals surface area contributed by atoms with Gasteiger partial charge in [-0.3, -0.25) is 4.90 Å². The van der Waals surface area contributed by atoms with Gasteiger partial charge < -0.3 is 5.73 Å². The van der Waals surface area contributed by atoms with Crippen molar-refractivity contribution in [1.29, 1.82) is 0 Å². The fourth-order valence-electron chi connectivity index (χ4n) is 2.67. The van der Waals surface area contributed by atoms with Crippen molar-refractivity contribution in [1.82, 2.24) is 4.90 Å². The lowest BCUT2D eigenvalue weighted by Crippen LogP contribution is -2.34. The SMILES string of the molecule is NCC(c1ccc(Cl)c(Br)c1)N(Cc1cccs1)C1CC1. The van der Waals surface area contributed by atoms with Crippen LogP contribution in [0.5, 0.6) is 0 Å². The molecule has 1 unspecified atom stereocenters.